The molecule has 0 atom stereocenters. The van der Waals surface area contributed by atoms with Gasteiger partial charge in [-0.3, -0.25) is 0 Å². The molecule has 0 aliphatic rings. The van der Waals surface area contributed by atoms with Gasteiger partial charge >= 0.3 is 0 Å². The van der Waals surface area contributed by atoms with Crippen LogP contribution in [0.3, 0.4) is 0 Å². The number of ether oxygens (including phenoxy) is 1. The summed E-state index contributed by atoms with van der Waals surface area (Å²) in [5.74, 6) is 2.48. The molecule has 1 N–H and O–H groups in total. The molecule has 6 nitrogen and oxygen atoms in total. The van der Waals surface area contributed by atoms with Crippen LogP contribution >= 0.6 is 0 Å². The molecular weight excluding hydrogens is 290 g/mol. The Morgan fingerprint density at radius 2 is 2.04 bits per heavy atom. The lowest BCUT2D eigenvalue weighted by Gasteiger charge is -2.09. The fourth-order valence-corrected chi connectivity index (χ4v) is 2.47. The molecule has 120 valence electrons. The van der Waals surface area contributed by atoms with E-state index in [9.17, 15) is 0 Å². The third-order valence-corrected chi connectivity index (χ3v) is 3.77. The monoisotopic (exact) mass is 311 g/mol. The maximum absolute atomic E-state index is 5.17. The molecule has 0 aliphatic carbocycles. The van der Waals surface area contributed by atoms with Crippen molar-refractivity contribution in [3.05, 3.63) is 47.9 Å². The Morgan fingerprint density at radius 3 is 2.78 bits per heavy atom. The van der Waals surface area contributed by atoms with Gasteiger partial charge in [-0.1, -0.05) is 19.1 Å². The molecule has 3 aromatic rings. The fourth-order valence-electron chi connectivity index (χ4n) is 2.47. The van der Waals surface area contributed by atoms with Crippen LogP contribution in [0, 0.1) is 0 Å². The molecule has 0 saturated heterocycles. The Morgan fingerprint density at radius 1 is 1.22 bits per heavy atom. The zero-order valence-electron chi connectivity index (χ0n) is 13.5. The lowest BCUT2D eigenvalue weighted by molar-refractivity contribution is 0.414. The number of aryl methyl sites for hydroxylation is 2. The first kappa shape index (κ1) is 15.3. The quantitative estimate of drug-likeness (QED) is 0.680. The van der Waals surface area contributed by atoms with Crippen molar-refractivity contribution < 1.29 is 4.74 Å². The van der Waals surface area contributed by atoms with Gasteiger partial charge < -0.3 is 10.1 Å². The largest absolute Gasteiger partial charge is 0.497 e. The Kier molecular flexibility index (Phi) is 4.71. The number of hydrogen-bond donors (Lipinski definition) is 1. The molecule has 0 fully saturated rings. The van der Waals surface area contributed by atoms with Crippen LogP contribution in [0.5, 0.6) is 5.75 Å². The summed E-state index contributed by atoms with van der Waals surface area (Å²) in [4.78, 5) is 8.61. The van der Waals surface area contributed by atoms with E-state index in [1.165, 1.54) is 11.9 Å². The summed E-state index contributed by atoms with van der Waals surface area (Å²) in [5, 5.41) is 7.65. The Labute approximate surface area is 135 Å². The highest BCUT2D eigenvalue weighted by atomic mass is 16.5. The second kappa shape index (κ2) is 7.09. The Bertz CT molecular complexity index is 766. The topological polar surface area (TPSA) is 64.3 Å². The van der Waals surface area contributed by atoms with Crippen LogP contribution in [0.4, 0.5) is 5.82 Å². The highest BCUT2D eigenvalue weighted by molar-refractivity contribution is 5.44. The van der Waals surface area contributed by atoms with Gasteiger partial charge in [-0.05, 0) is 37.0 Å². The van der Waals surface area contributed by atoms with Crippen LogP contribution in [0.15, 0.2) is 36.7 Å². The van der Waals surface area contributed by atoms with Crippen molar-refractivity contribution in [1.29, 1.82) is 0 Å². The molecule has 0 saturated carbocycles. The van der Waals surface area contributed by atoms with Gasteiger partial charge in [0.15, 0.2) is 0 Å². The predicted molar refractivity (Wildman–Crippen MR) is 90.0 cm³/mol. The number of anilines is 1. The number of fused-ring (bicyclic) bond motifs is 1. The van der Waals surface area contributed by atoms with Crippen molar-refractivity contribution in [2.45, 2.75) is 26.2 Å². The Hall–Kier alpha value is -2.63. The van der Waals surface area contributed by atoms with E-state index in [2.05, 4.69) is 39.4 Å². The minimum Gasteiger partial charge on any atom is -0.497 e. The predicted octanol–water partition coefficient (Wildman–Crippen LogP) is 2.74. The summed E-state index contributed by atoms with van der Waals surface area (Å²) in [6.45, 7) is 2.96. The smallest absolute Gasteiger partial charge is 0.254 e. The molecule has 3 rings (SSSR count). The molecule has 0 amide bonds. The summed E-state index contributed by atoms with van der Waals surface area (Å²) in [5.41, 5.74) is 2.32. The van der Waals surface area contributed by atoms with E-state index in [0.717, 1.165) is 43.1 Å². The number of nitrogens with one attached hydrogen (secondary N) is 1. The fraction of sp³-hybridized carbons (Fsp3) is 0.353. The number of rotatable bonds is 7. The molecule has 1 aromatic carbocycles. The van der Waals surface area contributed by atoms with Crippen LogP contribution in [0.2, 0.25) is 0 Å². The molecule has 0 radical (unpaired) electrons. The highest BCUT2D eigenvalue weighted by Gasteiger charge is 2.06. The number of methoxy groups -OCH3 is 1. The van der Waals surface area contributed by atoms with Gasteiger partial charge in [0.25, 0.3) is 5.78 Å². The van der Waals surface area contributed by atoms with Crippen molar-refractivity contribution in [2.75, 3.05) is 19.0 Å². The first-order valence-corrected chi connectivity index (χ1v) is 7.86. The summed E-state index contributed by atoms with van der Waals surface area (Å²) < 4.78 is 6.92. The van der Waals surface area contributed by atoms with Crippen LogP contribution in [-0.4, -0.2) is 33.2 Å². The standard InChI is InChI=1S/C17H21N5O/c1-3-14-11-16(22-17(21-14)19-12-20-22)18-10-4-5-13-6-8-15(23-2)9-7-13/h6-9,11-12,18H,3-5,10H2,1-2H3. The van der Waals surface area contributed by atoms with Crippen LogP contribution in [-0.2, 0) is 12.8 Å². The average Bonchev–Trinajstić information content (AvgIpc) is 3.07. The molecule has 0 aliphatic heterocycles. The maximum atomic E-state index is 5.17. The zero-order valence-corrected chi connectivity index (χ0v) is 13.5. The van der Waals surface area contributed by atoms with Crippen molar-refractivity contribution in [3.63, 3.8) is 0 Å². The average molecular weight is 311 g/mol. The van der Waals surface area contributed by atoms with Gasteiger partial charge in [-0.25, -0.2) is 4.98 Å². The van der Waals surface area contributed by atoms with Gasteiger partial charge in [-0.15, -0.1) is 0 Å². The van der Waals surface area contributed by atoms with E-state index in [1.807, 2.05) is 18.2 Å². The second-order valence-corrected chi connectivity index (χ2v) is 5.34. The van der Waals surface area contributed by atoms with E-state index in [1.54, 1.807) is 11.6 Å². The van der Waals surface area contributed by atoms with Crippen molar-refractivity contribution in [1.82, 2.24) is 19.6 Å². The van der Waals surface area contributed by atoms with E-state index >= 15 is 0 Å². The van der Waals surface area contributed by atoms with E-state index in [4.69, 9.17) is 4.74 Å². The van der Waals surface area contributed by atoms with Crippen molar-refractivity contribution in [2.24, 2.45) is 0 Å². The molecule has 0 unspecified atom stereocenters. The zero-order chi connectivity index (χ0) is 16.1. The van der Waals surface area contributed by atoms with Gasteiger partial charge in [0, 0.05) is 18.3 Å². The molecular formula is C17H21N5O. The lowest BCUT2D eigenvalue weighted by Crippen LogP contribution is -2.09. The van der Waals surface area contributed by atoms with Crippen molar-refractivity contribution in [3.8, 4) is 5.75 Å². The lowest BCUT2D eigenvalue weighted by atomic mass is 10.1. The molecule has 0 bridgehead atoms. The summed E-state index contributed by atoms with van der Waals surface area (Å²) in [6, 6.07) is 10.2. The maximum Gasteiger partial charge on any atom is 0.254 e. The highest BCUT2D eigenvalue weighted by Crippen LogP contribution is 2.14. The summed E-state index contributed by atoms with van der Waals surface area (Å²) in [6.07, 6.45) is 4.46. The minimum atomic E-state index is 0.641. The first-order valence-electron chi connectivity index (χ1n) is 7.86. The van der Waals surface area contributed by atoms with Crippen LogP contribution in [0.1, 0.15) is 24.6 Å². The van der Waals surface area contributed by atoms with E-state index < -0.39 is 0 Å². The molecule has 2 aromatic heterocycles. The second-order valence-electron chi connectivity index (χ2n) is 5.34. The third-order valence-electron chi connectivity index (χ3n) is 3.77. The number of nitrogens with zero attached hydrogens (tertiary/aromatic N) is 4. The molecule has 0 spiro atoms. The minimum absolute atomic E-state index is 0.641. The number of aromatic nitrogens is 4. The van der Waals surface area contributed by atoms with Crippen molar-refractivity contribution >= 4 is 11.6 Å². The summed E-state index contributed by atoms with van der Waals surface area (Å²) in [7, 11) is 1.68. The van der Waals surface area contributed by atoms with Crippen LogP contribution < -0.4 is 10.1 Å². The van der Waals surface area contributed by atoms with Gasteiger partial charge in [0.2, 0.25) is 0 Å². The molecule has 23 heavy (non-hydrogen) atoms. The van der Waals surface area contributed by atoms with Gasteiger partial charge in [0.05, 0.1) is 7.11 Å². The van der Waals surface area contributed by atoms with E-state index in [0.29, 0.717) is 5.78 Å². The van der Waals surface area contributed by atoms with Crippen LogP contribution in [0.25, 0.3) is 5.78 Å². The number of benzene rings is 1. The third kappa shape index (κ3) is 3.59. The first-order chi connectivity index (χ1) is 11.3. The van der Waals surface area contributed by atoms with Gasteiger partial charge in [-0.2, -0.15) is 14.6 Å². The Balaban J connectivity index is 1.59. The normalized spacial score (nSPS) is 10.9. The van der Waals surface area contributed by atoms with E-state index in [-0.39, 0.29) is 0 Å². The van der Waals surface area contributed by atoms with Gasteiger partial charge in [0.1, 0.15) is 17.9 Å². The molecule has 6 heteroatoms. The molecule has 2 heterocycles. The SMILES string of the molecule is CCc1cc(NCCCc2ccc(OC)cc2)n2ncnc2n1. The summed E-state index contributed by atoms with van der Waals surface area (Å²) >= 11 is 0. The number of hydrogen-bond acceptors (Lipinski definition) is 5.